The number of nitrogens with one attached hydrogen (secondary N) is 1. The number of aliphatic hydroxyl groups is 1. The summed E-state index contributed by atoms with van der Waals surface area (Å²) >= 11 is 0. The smallest absolute Gasteiger partial charge is 0.119 e. The summed E-state index contributed by atoms with van der Waals surface area (Å²) in [6, 6.07) is 8.36. The average molecular weight is 251 g/mol. The number of aryl methyl sites for hydroxylation is 1. The Morgan fingerprint density at radius 1 is 1.39 bits per heavy atom. The van der Waals surface area contributed by atoms with Crippen molar-refractivity contribution in [2.24, 2.45) is 0 Å². The molecule has 0 bridgehead atoms. The molecule has 0 amide bonds. The predicted molar refractivity (Wildman–Crippen MR) is 75.1 cm³/mol. The van der Waals surface area contributed by atoms with Gasteiger partial charge in [-0.05, 0) is 31.5 Å². The highest BCUT2D eigenvalue weighted by Crippen LogP contribution is 2.15. The molecule has 0 fully saturated rings. The quantitative estimate of drug-likeness (QED) is 0.782. The van der Waals surface area contributed by atoms with Crippen LogP contribution in [0.3, 0.4) is 0 Å². The van der Waals surface area contributed by atoms with Gasteiger partial charge in [0.1, 0.15) is 5.75 Å². The van der Waals surface area contributed by atoms with Crippen molar-refractivity contribution in [3.63, 3.8) is 0 Å². The van der Waals surface area contributed by atoms with Gasteiger partial charge in [-0.1, -0.05) is 26.0 Å². The van der Waals surface area contributed by atoms with E-state index in [1.807, 2.05) is 38.1 Å². The van der Waals surface area contributed by atoms with E-state index in [-0.39, 0.29) is 12.1 Å². The van der Waals surface area contributed by atoms with Crippen molar-refractivity contribution < 1.29 is 9.84 Å². The molecule has 0 saturated carbocycles. The van der Waals surface area contributed by atoms with Gasteiger partial charge in [0, 0.05) is 18.0 Å². The van der Waals surface area contributed by atoms with Gasteiger partial charge >= 0.3 is 0 Å². The molecule has 0 radical (unpaired) electrons. The van der Waals surface area contributed by atoms with Gasteiger partial charge in [-0.3, -0.25) is 0 Å². The molecule has 0 heterocycles. The van der Waals surface area contributed by atoms with Crippen LogP contribution in [0.15, 0.2) is 24.3 Å². The summed E-state index contributed by atoms with van der Waals surface area (Å²) in [6.45, 7) is 8.94. The SMILES string of the molecule is Cc1cccc(OCCC(C)(CO)NC(C)C)c1. The number of aliphatic hydroxyl groups excluding tert-OH is 1. The van der Waals surface area contributed by atoms with E-state index in [2.05, 4.69) is 19.2 Å². The third kappa shape index (κ3) is 5.07. The maximum Gasteiger partial charge on any atom is 0.119 e. The monoisotopic (exact) mass is 251 g/mol. The fraction of sp³-hybridized carbons (Fsp3) is 0.600. The highest BCUT2D eigenvalue weighted by molar-refractivity contribution is 5.27. The van der Waals surface area contributed by atoms with Crippen molar-refractivity contribution in [2.45, 2.75) is 45.7 Å². The third-order valence-corrected chi connectivity index (χ3v) is 2.90. The van der Waals surface area contributed by atoms with E-state index in [1.54, 1.807) is 0 Å². The van der Waals surface area contributed by atoms with Crippen molar-refractivity contribution in [3.8, 4) is 5.75 Å². The minimum Gasteiger partial charge on any atom is -0.494 e. The number of rotatable bonds is 7. The van der Waals surface area contributed by atoms with Crippen molar-refractivity contribution in [1.82, 2.24) is 5.32 Å². The highest BCUT2D eigenvalue weighted by atomic mass is 16.5. The van der Waals surface area contributed by atoms with E-state index in [4.69, 9.17) is 4.74 Å². The minimum absolute atomic E-state index is 0.113. The largest absolute Gasteiger partial charge is 0.494 e. The lowest BCUT2D eigenvalue weighted by molar-refractivity contribution is 0.136. The summed E-state index contributed by atoms with van der Waals surface area (Å²) in [7, 11) is 0. The van der Waals surface area contributed by atoms with Gasteiger partial charge in [0.05, 0.1) is 13.2 Å². The normalized spacial score (nSPS) is 14.6. The summed E-state index contributed by atoms with van der Waals surface area (Å²) in [5, 5.41) is 12.8. The lowest BCUT2D eigenvalue weighted by Crippen LogP contribution is -2.49. The molecule has 0 spiro atoms. The maximum atomic E-state index is 9.46. The number of ether oxygens (including phenoxy) is 1. The van der Waals surface area contributed by atoms with Crippen LogP contribution in [0.1, 0.15) is 32.8 Å². The van der Waals surface area contributed by atoms with E-state index < -0.39 is 0 Å². The van der Waals surface area contributed by atoms with Crippen LogP contribution in [0.4, 0.5) is 0 Å². The van der Waals surface area contributed by atoms with Crippen LogP contribution in [0, 0.1) is 6.92 Å². The molecule has 1 unspecified atom stereocenters. The van der Waals surface area contributed by atoms with Crippen LogP contribution in [-0.4, -0.2) is 29.9 Å². The molecule has 2 N–H and O–H groups in total. The van der Waals surface area contributed by atoms with Crippen molar-refractivity contribution >= 4 is 0 Å². The van der Waals surface area contributed by atoms with Gasteiger partial charge in [-0.25, -0.2) is 0 Å². The van der Waals surface area contributed by atoms with E-state index in [9.17, 15) is 5.11 Å². The van der Waals surface area contributed by atoms with Gasteiger partial charge < -0.3 is 15.2 Å². The minimum atomic E-state index is -0.280. The van der Waals surface area contributed by atoms with E-state index in [0.717, 1.165) is 12.2 Å². The van der Waals surface area contributed by atoms with Crippen LogP contribution in [0.25, 0.3) is 0 Å². The first-order chi connectivity index (χ1) is 8.45. The molecule has 0 aromatic heterocycles. The zero-order chi connectivity index (χ0) is 13.6. The van der Waals surface area contributed by atoms with E-state index in [1.165, 1.54) is 5.56 Å². The summed E-state index contributed by atoms with van der Waals surface area (Å²) in [5.74, 6) is 0.889. The predicted octanol–water partition coefficient (Wildman–Crippen LogP) is 2.51. The van der Waals surface area contributed by atoms with Crippen LogP contribution in [-0.2, 0) is 0 Å². The summed E-state index contributed by atoms with van der Waals surface area (Å²) in [4.78, 5) is 0. The summed E-state index contributed by atoms with van der Waals surface area (Å²) in [5.41, 5.74) is 0.913. The first kappa shape index (κ1) is 15.0. The molecule has 1 aromatic carbocycles. The summed E-state index contributed by atoms with van der Waals surface area (Å²) in [6.07, 6.45) is 0.773. The molecular formula is C15H25NO2. The molecule has 1 atom stereocenters. The number of hydrogen-bond acceptors (Lipinski definition) is 3. The van der Waals surface area contributed by atoms with Crippen LogP contribution in [0.5, 0.6) is 5.75 Å². The molecular weight excluding hydrogens is 226 g/mol. The van der Waals surface area contributed by atoms with Crippen LogP contribution >= 0.6 is 0 Å². The van der Waals surface area contributed by atoms with Gasteiger partial charge in [-0.2, -0.15) is 0 Å². The second-order valence-electron chi connectivity index (χ2n) is 5.43. The van der Waals surface area contributed by atoms with Gasteiger partial charge in [0.25, 0.3) is 0 Å². The molecule has 102 valence electrons. The Morgan fingerprint density at radius 2 is 2.11 bits per heavy atom. The average Bonchev–Trinajstić information content (AvgIpc) is 2.28. The Balaban J connectivity index is 2.44. The highest BCUT2D eigenvalue weighted by Gasteiger charge is 2.23. The number of hydrogen-bond donors (Lipinski definition) is 2. The Bertz CT molecular complexity index is 365. The third-order valence-electron chi connectivity index (χ3n) is 2.90. The zero-order valence-electron chi connectivity index (χ0n) is 11.9. The molecule has 1 aromatic rings. The Labute approximate surface area is 110 Å². The Morgan fingerprint density at radius 3 is 2.67 bits per heavy atom. The molecule has 18 heavy (non-hydrogen) atoms. The fourth-order valence-electron chi connectivity index (χ4n) is 1.99. The van der Waals surface area contributed by atoms with Crippen LogP contribution < -0.4 is 10.1 Å². The first-order valence-corrected chi connectivity index (χ1v) is 6.53. The molecule has 0 aliphatic heterocycles. The molecule has 0 saturated heterocycles. The fourth-order valence-corrected chi connectivity index (χ4v) is 1.99. The van der Waals surface area contributed by atoms with Gasteiger partial charge in [0.15, 0.2) is 0 Å². The van der Waals surface area contributed by atoms with Crippen molar-refractivity contribution in [3.05, 3.63) is 29.8 Å². The molecule has 0 aliphatic carbocycles. The van der Waals surface area contributed by atoms with E-state index >= 15 is 0 Å². The van der Waals surface area contributed by atoms with Gasteiger partial charge in [0.2, 0.25) is 0 Å². The van der Waals surface area contributed by atoms with Crippen molar-refractivity contribution in [2.75, 3.05) is 13.2 Å². The Hall–Kier alpha value is -1.06. The molecule has 3 heteroatoms. The standard InChI is InChI=1S/C15H25NO2/c1-12(2)16-15(4,11-17)8-9-18-14-7-5-6-13(3)10-14/h5-7,10,12,16-17H,8-9,11H2,1-4H3. The van der Waals surface area contributed by atoms with E-state index in [0.29, 0.717) is 12.6 Å². The van der Waals surface area contributed by atoms with Gasteiger partial charge in [-0.15, -0.1) is 0 Å². The molecule has 0 aliphatic rings. The lowest BCUT2D eigenvalue weighted by atomic mass is 9.98. The lowest BCUT2D eigenvalue weighted by Gasteiger charge is -2.31. The second kappa shape index (κ2) is 6.76. The van der Waals surface area contributed by atoms with Crippen molar-refractivity contribution in [1.29, 1.82) is 0 Å². The topological polar surface area (TPSA) is 41.5 Å². The molecule has 3 nitrogen and oxygen atoms in total. The zero-order valence-corrected chi connectivity index (χ0v) is 11.9. The molecule has 1 rings (SSSR count). The maximum absolute atomic E-state index is 9.46. The number of benzene rings is 1. The summed E-state index contributed by atoms with van der Waals surface area (Å²) < 4.78 is 5.71. The van der Waals surface area contributed by atoms with Crippen LogP contribution in [0.2, 0.25) is 0 Å². The first-order valence-electron chi connectivity index (χ1n) is 6.53. The Kier molecular flexibility index (Phi) is 5.63. The second-order valence-corrected chi connectivity index (χ2v) is 5.43.